The number of nitrogens with zero attached hydrogens (tertiary/aromatic N) is 3. The summed E-state index contributed by atoms with van der Waals surface area (Å²) in [7, 11) is 3.86. The molecule has 152 valence electrons. The Morgan fingerprint density at radius 3 is 2.46 bits per heavy atom. The first kappa shape index (κ1) is 20.2. The van der Waals surface area contributed by atoms with Crippen LogP contribution in [-0.4, -0.2) is 48.7 Å². The highest BCUT2D eigenvalue weighted by Crippen LogP contribution is 2.28. The van der Waals surface area contributed by atoms with Gasteiger partial charge in [-0.1, -0.05) is 12.1 Å². The van der Waals surface area contributed by atoms with Crippen LogP contribution in [0.1, 0.15) is 25.7 Å². The van der Waals surface area contributed by atoms with Gasteiger partial charge in [-0.15, -0.1) is 0 Å². The maximum atomic E-state index is 12.3. The van der Waals surface area contributed by atoms with Crippen LogP contribution in [0.5, 0.6) is 0 Å². The van der Waals surface area contributed by atoms with E-state index in [-0.39, 0.29) is 18.5 Å². The van der Waals surface area contributed by atoms with Crippen LogP contribution in [0, 0.1) is 5.92 Å². The van der Waals surface area contributed by atoms with Gasteiger partial charge in [0.1, 0.15) is 5.82 Å². The number of carbonyl (C=O) groups is 1. The van der Waals surface area contributed by atoms with Gasteiger partial charge in [0.15, 0.2) is 0 Å². The van der Waals surface area contributed by atoms with Crippen LogP contribution in [0.4, 0.5) is 24.9 Å². The highest BCUT2D eigenvalue weighted by atomic mass is 19.4. The molecule has 1 aliphatic carbocycles. The number of fused-ring (bicyclic) bond motifs is 1. The molecule has 0 bridgehead atoms. The molecule has 0 unspecified atom stereocenters. The van der Waals surface area contributed by atoms with Gasteiger partial charge in [0.05, 0.1) is 5.52 Å². The van der Waals surface area contributed by atoms with E-state index in [4.69, 9.17) is 0 Å². The van der Waals surface area contributed by atoms with Crippen LogP contribution in [-0.2, 0) is 4.79 Å². The number of para-hydroxylation sites is 1. The van der Waals surface area contributed by atoms with Crippen LogP contribution in [0.2, 0.25) is 0 Å². The maximum Gasteiger partial charge on any atom is 0.471 e. The monoisotopic (exact) mass is 395 g/mol. The summed E-state index contributed by atoms with van der Waals surface area (Å²) in [6, 6.07) is 7.96. The third kappa shape index (κ3) is 4.82. The van der Waals surface area contributed by atoms with E-state index in [0.717, 1.165) is 42.4 Å². The molecule has 1 heterocycles. The second kappa shape index (κ2) is 8.20. The van der Waals surface area contributed by atoms with Crippen molar-refractivity contribution >= 4 is 28.6 Å². The lowest BCUT2D eigenvalue weighted by molar-refractivity contribution is -0.173. The standard InChI is InChI=1S/C19H24F3N5O/c1-27(2)16-14-5-3-4-6-15(14)25-18(26-16)24-13-9-7-12(8-10-13)11-23-17(28)19(20,21)22/h3-6,12-13H,7-11H2,1-2H3,(H,23,28)(H,24,25,26). The molecule has 0 spiro atoms. The molecule has 1 aliphatic rings. The molecule has 0 saturated heterocycles. The Morgan fingerprint density at radius 1 is 1.14 bits per heavy atom. The van der Waals surface area contributed by atoms with Crippen LogP contribution in [0.3, 0.4) is 0 Å². The zero-order valence-corrected chi connectivity index (χ0v) is 15.9. The average molecular weight is 395 g/mol. The Hall–Kier alpha value is -2.58. The minimum Gasteiger partial charge on any atom is -0.362 e. The fourth-order valence-corrected chi connectivity index (χ4v) is 3.50. The molecule has 3 rings (SSSR count). The van der Waals surface area contributed by atoms with Gasteiger partial charge in [0.2, 0.25) is 5.95 Å². The molecule has 1 amide bonds. The SMILES string of the molecule is CN(C)c1nc(NC2CCC(CNC(=O)C(F)(F)F)CC2)nc2ccccc12. The maximum absolute atomic E-state index is 12.3. The number of anilines is 2. The summed E-state index contributed by atoms with van der Waals surface area (Å²) >= 11 is 0. The van der Waals surface area contributed by atoms with Gasteiger partial charge in [-0.05, 0) is 43.7 Å². The van der Waals surface area contributed by atoms with Gasteiger partial charge in [-0.25, -0.2) is 4.98 Å². The van der Waals surface area contributed by atoms with Crippen molar-refractivity contribution in [1.29, 1.82) is 0 Å². The van der Waals surface area contributed by atoms with E-state index in [9.17, 15) is 18.0 Å². The Labute approximate surface area is 161 Å². The summed E-state index contributed by atoms with van der Waals surface area (Å²) in [5.41, 5.74) is 0.854. The minimum atomic E-state index is -4.82. The van der Waals surface area contributed by atoms with E-state index in [2.05, 4.69) is 15.3 Å². The van der Waals surface area contributed by atoms with Gasteiger partial charge in [0, 0.05) is 32.1 Å². The first-order chi connectivity index (χ1) is 13.2. The van der Waals surface area contributed by atoms with Gasteiger partial charge in [-0.2, -0.15) is 18.2 Å². The van der Waals surface area contributed by atoms with Gasteiger partial charge in [-0.3, -0.25) is 4.79 Å². The van der Waals surface area contributed by atoms with Crippen molar-refractivity contribution in [2.75, 3.05) is 30.9 Å². The number of aromatic nitrogens is 2. The minimum absolute atomic E-state index is 0.0548. The summed E-state index contributed by atoms with van der Waals surface area (Å²) in [6.45, 7) is 0.0579. The highest BCUT2D eigenvalue weighted by molar-refractivity contribution is 5.90. The zero-order chi connectivity index (χ0) is 20.3. The summed E-state index contributed by atoms with van der Waals surface area (Å²) in [5, 5.41) is 6.32. The predicted octanol–water partition coefficient (Wildman–Crippen LogP) is 3.35. The van der Waals surface area contributed by atoms with Gasteiger partial charge < -0.3 is 15.5 Å². The van der Waals surface area contributed by atoms with Gasteiger partial charge >= 0.3 is 12.1 Å². The summed E-state index contributed by atoms with van der Waals surface area (Å²) in [6.07, 6.45) is -1.76. The van der Waals surface area contributed by atoms with Crippen LogP contribution in [0.25, 0.3) is 10.9 Å². The Kier molecular flexibility index (Phi) is 5.90. The van der Waals surface area contributed by atoms with Crippen LogP contribution in [0.15, 0.2) is 24.3 Å². The molecule has 1 aromatic carbocycles. The van der Waals surface area contributed by atoms with E-state index >= 15 is 0 Å². The fourth-order valence-electron chi connectivity index (χ4n) is 3.50. The van der Waals surface area contributed by atoms with Crippen molar-refractivity contribution in [3.05, 3.63) is 24.3 Å². The smallest absolute Gasteiger partial charge is 0.362 e. The summed E-state index contributed by atoms with van der Waals surface area (Å²) in [5.74, 6) is -0.430. The zero-order valence-electron chi connectivity index (χ0n) is 15.9. The highest BCUT2D eigenvalue weighted by Gasteiger charge is 2.38. The van der Waals surface area contributed by atoms with Gasteiger partial charge in [0.25, 0.3) is 0 Å². The van der Waals surface area contributed by atoms with Crippen molar-refractivity contribution in [2.45, 2.75) is 37.9 Å². The second-order valence-electron chi connectivity index (χ2n) is 7.35. The normalized spacial score (nSPS) is 20.0. The molecule has 2 N–H and O–H groups in total. The molecule has 1 fully saturated rings. The lowest BCUT2D eigenvalue weighted by Crippen LogP contribution is -2.40. The number of halogens is 3. The first-order valence-corrected chi connectivity index (χ1v) is 9.29. The molecule has 28 heavy (non-hydrogen) atoms. The molecule has 0 atom stereocenters. The number of hydrogen-bond acceptors (Lipinski definition) is 5. The largest absolute Gasteiger partial charge is 0.471 e. The van der Waals surface area contributed by atoms with Crippen molar-refractivity contribution in [3.63, 3.8) is 0 Å². The quantitative estimate of drug-likeness (QED) is 0.813. The number of amides is 1. The lowest BCUT2D eigenvalue weighted by atomic mass is 9.86. The summed E-state index contributed by atoms with van der Waals surface area (Å²) < 4.78 is 36.8. The number of alkyl halides is 3. The van der Waals surface area contributed by atoms with Crippen molar-refractivity contribution in [3.8, 4) is 0 Å². The Morgan fingerprint density at radius 2 is 1.82 bits per heavy atom. The number of rotatable bonds is 5. The Balaban J connectivity index is 1.58. The number of carbonyl (C=O) groups excluding carboxylic acids is 1. The third-order valence-electron chi connectivity index (χ3n) is 5.00. The van der Waals surface area contributed by atoms with Crippen molar-refractivity contribution in [2.24, 2.45) is 5.92 Å². The van der Waals surface area contributed by atoms with E-state index < -0.39 is 12.1 Å². The van der Waals surface area contributed by atoms with E-state index in [1.807, 2.05) is 48.6 Å². The number of nitrogens with one attached hydrogen (secondary N) is 2. The van der Waals surface area contributed by atoms with E-state index in [1.54, 1.807) is 0 Å². The summed E-state index contributed by atoms with van der Waals surface area (Å²) in [4.78, 5) is 22.1. The average Bonchev–Trinajstić information content (AvgIpc) is 2.65. The molecular weight excluding hydrogens is 371 g/mol. The first-order valence-electron chi connectivity index (χ1n) is 9.29. The molecular formula is C19H24F3N5O. The van der Waals surface area contributed by atoms with Crippen molar-refractivity contribution < 1.29 is 18.0 Å². The third-order valence-corrected chi connectivity index (χ3v) is 5.00. The topological polar surface area (TPSA) is 70.2 Å². The lowest BCUT2D eigenvalue weighted by Gasteiger charge is -2.29. The molecule has 1 saturated carbocycles. The molecule has 1 aromatic heterocycles. The van der Waals surface area contributed by atoms with Crippen LogP contribution >= 0.6 is 0 Å². The fraction of sp³-hybridized carbons (Fsp3) is 0.526. The van der Waals surface area contributed by atoms with E-state index in [0.29, 0.717) is 5.95 Å². The molecule has 6 nitrogen and oxygen atoms in total. The number of hydrogen-bond donors (Lipinski definition) is 2. The Bertz CT molecular complexity index is 832. The molecule has 0 radical (unpaired) electrons. The molecule has 0 aliphatic heterocycles. The van der Waals surface area contributed by atoms with E-state index in [1.165, 1.54) is 0 Å². The number of benzene rings is 1. The second-order valence-corrected chi connectivity index (χ2v) is 7.35. The molecule has 9 heteroatoms. The van der Waals surface area contributed by atoms with Crippen LogP contribution < -0.4 is 15.5 Å². The van der Waals surface area contributed by atoms with Crippen molar-refractivity contribution in [1.82, 2.24) is 15.3 Å². The molecule has 2 aromatic rings. The predicted molar refractivity (Wildman–Crippen MR) is 102 cm³/mol.